The van der Waals surface area contributed by atoms with Crippen LogP contribution in [0, 0.1) is 26.7 Å². The molecule has 1 aromatic rings. The molecule has 0 radical (unpaired) electrons. The molecule has 0 heterocycles. The SMILES string of the molecule is Cc1cc(C)c(C(CN)C2CC2)cc1C. The maximum Gasteiger partial charge on any atom is -0.000546 e. The molecule has 1 heteroatoms. The zero-order valence-corrected chi connectivity index (χ0v) is 10.0. The highest BCUT2D eigenvalue weighted by molar-refractivity contribution is 5.39. The van der Waals surface area contributed by atoms with Crippen LogP contribution >= 0.6 is 0 Å². The van der Waals surface area contributed by atoms with Crippen LogP contribution in [0.15, 0.2) is 12.1 Å². The molecular weight excluding hydrogens is 182 g/mol. The molecule has 82 valence electrons. The second-order valence-electron chi connectivity index (χ2n) is 4.97. The van der Waals surface area contributed by atoms with Crippen LogP contribution in [0.4, 0.5) is 0 Å². The first-order valence-corrected chi connectivity index (χ1v) is 5.91. The van der Waals surface area contributed by atoms with E-state index in [1.54, 1.807) is 0 Å². The molecular formula is C14H21N. The van der Waals surface area contributed by atoms with Crippen LogP contribution in [0.2, 0.25) is 0 Å². The summed E-state index contributed by atoms with van der Waals surface area (Å²) in [5, 5.41) is 0. The van der Waals surface area contributed by atoms with Crippen LogP contribution in [0.25, 0.3) is 0 Å². The van der Waals surface area contributed by atoms with Crippen molar-refractivity contribution >= 4 is 0 Å². The largest absolute Gasteiger partial charge is 0.330 e. The smallest absolute Gasteiger partial charge is 0.000546 e. The van der Waals surface area contributed by atoms with Crippen molar-refractivity contribution in [2.75, 3.05) is 6.54 Å². The van der Waals surface area contributed by atoms with Gasteiger partial charge in [0.2, 0.25) is 0 Å². The van der Waals surface area contributed by atoms with Gasteiger partial charge in [-0.1, -0.05) is 12.1 Å². The molecule has 1 fully saturated rings. The van der Waals surface area contributed by atoms with E-state index in [0.29, 0.717) is 5.92 Å². The van der Waals surface area contributed by atoms with Gasteiger partial charge in [-0.25, -0.2) is 0 Å². The lowest BCUT2D eigenvalue weighted by Crippen LogP contribution is -2.15. The number of hydrogen-bond donors (Lipinski definition) is 1. The van der Waals surface area contributed by atoms with Crippen LogP contribution in [-0.2, 0) is 0 Å². The van der Waals surface area contributed by atoms with Crippen LogP contribution in [0.5, 0.6) is 0 Å². The Kier molecular flexibility index (Phi) is 2.83. The molecule has 1 saturated carbocycles. The molecule has 15 heavy (non-hydrogen) atoms. The molecule has 0 aromatic heterocycles. The summed E-state index contributed by atoms with van der Waals surface area (Å²) in [6.07, 6.45) is 2.74. The number of nitrogens with two attached hydrogens (primary N) is 1. The van der Waals surface area contributed by atoms with Crippen LogP contribution < -0.4 is 5.73 Å². The fourth-order valence-corrected chi connectivity index (χ4v) is 2.45. The van der Waals surface area contributed by atoms with Crippen LogP contribution in [-0.4, -0.2) is 6.54 Å². The predicted octanol–water partition coefficient (Wildman–Crippen LogP) is 3.06. The normalized spacial score (nSPS) is 17.9. The first-order valence-electron chi connectivity index (χ1n) is 5.91. The molecule has 0 bridgehead atoms. The molecule has 1 nitrogen and oxygen atoms in total. The lowest BCUT2D eigenvalue weighted by Gasteiger charge is -2.18. The minimum absolute atomic E-state index is 0.601. The van der Waals surface area contributed by atoms with Crippen molar-refractivity contribution < 1.29 is 0 Å². The Hall–Kier alpha value is -0.820. The first kappa shape index (κ1) is 10.7. The van der Waals surface area contributed by atoms with Gasteiger partial charge in [-0.2, -0.15) is 0 Å². The van der Waals surface area contributed by atoms with Crippen molar-refractivity contribution in [1.29, 1.82) is 0 Å². The van der Waals surface area contributed by atoms with Crippen LogP contribution in [0.1, 0.15) is 41.0 Å². The number of benzene rings is 1. The maximum absolute atomic E-state index is 5.90. The lowest BCUT2D eigenvalue weighted by atomic mass is 9.88. The van der Waals surface area contributed by atoms with Gasteiger partial charge >= 0.3 is 0 Å². The van der Waals surface area contributed by atoms with E-state index in [1.807, 2.05) is 0 Å². The van der Waals surface area contributed by atoms with E-state index in [4.69, 9.17) is 5.73 Å². The molecule has 1 atom stereocenters. The van der Waals surface area contributed by atoms with E-state index < -0.39 is 0 Å². The van der Waals surface area contributed by atoms with E-state index in [0.717, 1.165) is 12.5 Å². The van der Waals surface area contributed by atoms with Crippen molar-refractivity contribution in [3.63, 3.8) is 0 Å². The fourth-order valence-electron chi connectivity index (χ4n) is 2.45. The van der Waals surface area contributed by atoms with Gasteiger partial charge in [0.15, 0.2) is 0 Å². The van der Waals surface area contributed by atoms with Gasteiger partial charge < -0.3 is 5.73 Å². The minimum Gasteiger partial charge on any atom is -0.330 e. The minimum atomic E-state index is 0.601. The van der Waals surface area contributed by atoms with Crippen LogP contribution in [0.3, 0.4) is 0 Å². The highest BCUT2D eigenvalue weighted by atomic mass is 14.6. The van der Waals surface area contributed by atoms with E-state index >= 15 is 0 Å². The van der Waals surface area contributed by atoms with E-state index in [2.05, 4.69) is 32.9 Å². The maximum atomic E-state index is 5.90. The summed E-state index contributed by atoms with van der Waals surface area (Å²) in [5.41, 5.74) is 11.6. The monoisotopic (exact) mass is 203 g/mol. The summed E-state index contributed by atoms with van der Waals surface area (Å²) in [7, 11) is 0. The van der Waals surface area contributed by atoms with Gasteiger partial charge in [0.25, 0.3) is 0 Å². The number of rotatable bonds is 3. The fraction of sp³-hybridized carbons (Fsp3) is 0.571. The third kappa shape index (κ3) is 2.07. The molecule has 1 aliphatic carbocycles. The average Bonchev–Trinajstić information content (AvgIpc) is 2.99. The molecule has 1 aromatic carbocycles. The van der Waals surface area contributed by atoms with Crippen molar-refractivity contribution in [1.82, 2.24) is 0 Å². The highest BCUT2D eigenvalue weighted by Gasteiger charge is 2.32. The zero-order valence-electron chi connectivity index (χ0n) is 10.0. The third-order valence-corrected chi connectivity index (χ3v) is 3.73. The van der Waals surface area contributed by atoms with Gasteiger partial charge in [-0.3, -0.25) is 0 Å². The van der Waals surface area contributed by atoms with E-state index in [-0.39, 0.29) is 0 Å². The number of hydrogen-bond acceptors (Lipinski definition) is 1. The van der Waals surface area contributed by atoms with Crippen molar-refractivity contribution in [3.8, 4) is 0 Å². The summed E-state index contributed by atoms with van der Waals surface area (Å²) in [4.78, 5) is 0. The Balaban J connectivity index is 2.37. The number of aryl methyl sites for hydroxylation is 3. The summed E-state index contributed by atoms with van der Waals surface area (Å²) in [5.74, 6) is 1.46. The topological polar surface area (TPSA) is 26.0 Å². The summed E-state index contributed by atoms with van der Waals surface area (Å²) < 4.78 is 0. The quantitative estimate of drug-likeness (QED) is 0.802. The Morgan fingerprint density at radius 3 is 2.27 bits per heavy atom. The Morgan fingerprint density at radius 1 is 1.13 bits per heavy atom. The summed E-state index contributed by atoms with van der Waals surface area (Å²) in [6.45, 7) is 7.39. The summed E-state index contributed by atoms with van der Waals surface area (Å²) >= 11 is 0. The standard InChI is InChI=1S/C14H21N/c1-9-6-11(3)13(7-10(9)2)14(8-15)12-4-5-12/h6-7,12,14H,4-5,8,15H2,1-3H3. The molecule has 2 N–H and O–H groups in total. The molecule has 0 amide bonds. The summed E-state index contributed by atoms with van der Waals surface area (Å²) in [6, 6.07) is 4.65. The molecule has 0 spiro atoms. The van der Waals surface area contributed by atoms with Gasteiger partial charge in [0.05, 0.1) is 0 Å². The second-order valence-corrected chi connectivity index (χ2v) is 4.97. The van der Waals surface area contributed by atoms with Gasteiger partial charge in [0, 0.05) is 0 Å². The second kappa shape index (κ2) is 3.97. The van der Waals surface area contributed by atoms with Crippen molar-refractivity contribution in [3.05, 3.63) is 34.4 Å². The molecule has 1 unspecified atom stereocenters. The zero-order chi connectivity index (χ0) is 11.0. The molecule has 0 saturated heterocycles. The van der Waals surface area contributed by atoms with Crippen molar-refractivity contribution in [2.45, 2.75) is 39.5 Å². The lowest BCUT2D eigenvalue weighted by molar-refractivity contribution is 0.612. The Morgan fingerprint density at radius 2 is 1.73 bits per heavy atom. The van der Waals surface area contributed by atoms with E-state index in [9.17, 15) is 0 Å². The average molecular weight is 203 g/mol. The van der Waals surface area contributed by atoms with Gasteiger partial charge in [-0.15, -0.1) is 0 Å². The van der Waals surface area contributed by atoms with Crippen molar-refractivity contribution in [2.24, 2.45) is 11.7 Å². The van der Waals surface area contributed by atoms with Gasteiger partial charge in [0.1, 0.15) is 0 Å². The Labute approximate surface area is 92.7 Å². The highest BCUT2D eigenvalue weighted by Crippen LogP contribution is 2.43. The molecule has 0 aliphatic heterocycles. The predicted molar refractivity (Wildman–Crippen MR) is 65.2 cm³/mol. The van der Waals surface area contributed by atoms with Gasteiger partial charge in [-0.05, 0) is 74.2 Å². The third-order valence-electron chi connectivity index (χ3n) is 3.73. The Bertz CT molecular complexity index is 364. The van der Waals surface area contributed by atoms with E-state index in [1.165, 1.54) is 35.1 Å². The molecule has 2 rings (SSSR count). The molecule has 1 aliphatic rings. The first-order chi connectivity index (χ1) is 7.13.